The summed E-state index contributed by atoms with van der Waals surface area (Å²) >= 11 is 0. The van der Waals surface area contributed by atoms with Gasteiger partial charge in [-0.25, -0.2) is 9.59 Å². The Balaban J connectivity index is 4.82. The van der Waals surface area contributed by atoms with Gasteiger partial charge in [0, 0.05) is 0 Å². The monoisotopic (exact) mass is 246 g/mol. The van der Waals surface area contributed by atoms with Crippen molar-refractivity contribution in [2.75, 3.05) is 7.11 Å². The Hall–Kier alpha value is -1.10. The first-order chi connectivity index (χ1) is 7.46. The molecule has 0 fully saturated rings. The summed E-state index contributed by atoms with van der Waals surface area (Å²) in [4.78, 5) is 23.3. The van der Waals surface area contributed by atoms with E-state index < -0.39 is 29.2 Å². The predicted octanol–water partition coefficient (Wildman–Crippen LogP) is 1.68. The highest BCUT2D eigenvalue weighted by Gasteiger charge is 2.36. The van der Waals surface area contributed by atoms with E-state index in [0.717, 1.165) is 0 Å². The van der Waals surface area contributed by atoms with Crippen molar-refractivity contribution >= 4 is 11.9 Å². The van der Waals surface area contributed by atoms with E-state index in [9.17, 15) is 9.59 Å². The van der Waals surface area contributed by atoms with Gasteiger partial charge in [-0.3, -0.25) is 0 Å². The molecule has 0 bridgehead atoms. The normalized spacial score (nSPS) is 14.1. The minimum Gasteiger partial charge on any atom is -0.467 e. The van der Waals surface area contributed by atoms with Crippen LogP contribution in [-0.4, -0.2) is 36.4 Å². The Morgan fingerprint density at radius 2 is 1.35 bits per heavy atom. The number of rotatable bonds is 3. The van der Waals surface area contributed by atoms with Crippen LogP contribution in [0.25, 0.3) is 0 Å². The largest absolute Gasteiger partial charge is 0.467 e. The summed E-state index contributed by atoms with van der Waals surface area (Å²) < 4.78 is 15.0. The van der Waals surface area contributed by atoms with Gasteiger partial charge in [0.15, 0.2) is 0 Å². The van der Waals surface area contributed by atoms with Crippen molar-refractivity contribution in [3.05, 3.63) is 0 Å². The Labute approximate surface area is 102 Å². The molecule has 17 heavy (non-hydrogen) atoms. The van der Waals surface area contributed by atoms with Crippen LogP contribution in [0.5, 0.6) is 0 Å². The van der Waals surface area contributed by atoms with Crippen LogP contribution >= 0.6 is 0 Å². The average Bonchev–Trinajstić information content (AvgIpc) is 2.08. The molecule has 5 heteroatoms. The van der Waals surface area contributed by atoms with Crippen molar-refractivity contribution < 1.29 is 23.8 Å². The fraction of sp³-hybridized carbons (Fsp3) is 0.833. The predicted molar refractivity (Wildman–Crippen MR) is 62.5 cm³/mol. The molecular weight excluding hydrogens is 224 g/mol. The molecule has 0 radical (unpaired) electrons. The molecule has 100 valence electrons. The molecule has 0 saturated heterocycles. The molecule has 0 amide bonds. The third kappa shape index (κ3) is 6.94. The SMILES string of the molecule is COC(=O)C(OC(C)(C)C)C(=O)OC(C)(C)C. The molecule has 0 heterocycles. The van der Waals surface area contributed by atoms with Crippen LogP contribution < -0.4 is 0 Å². The van der Waals surface area contributed by atoms with Crippen molar-refractivity contribution in [2.45, 2.75) is 58.8 Å². The summed E-state index contributed by atoms with van der Waals surface area (Å²) in [6, 6.07) is 0. The van der Waals surface area contributed by atoms with Gasteiger partial charge >= 0.3 is 11.9 Å². The lowest BCUT2D eigenvalue weighted by molar-refractivity contribution is -0.188. The molecule has 1 unspecified atom stereocenters. The summed E-state index contributed by atoms with van der Waals surface area (Å²) in [6.07, 6.45) is -1.35. The van der Waals surface area contributed by atoms with E-state index in [4.69, 9.17) is 9.47 Å². The molecule has 0 spiro atoms. The molecule has 0 aromatic heterocycles. The highest BCUT2D eigenvalue weighted by molar-refractivity contribution is 5.98. The molecule has 5 nitrogen and oxygen atoms in total. The van der Waals surface area contributed by atoms with Gasteiger partial charge in [-0.2, -0.15) is 0 Å². The first-order valence-corrected chi connectivity index (χ1v) is 5.45. The number of methoxy groups -OCH3 is 1. The molecule has 0 N–H and O–H groups in total. The van der Waals surface area contributed by atoms with Crippen LogP contribution in [0, 0.1) is 0 Å². The summed E-state index contributed by atoms with van der Waals surface area (Å²) in [7, 11) is 1.20. The summed E-state index contributed by atoms with van der Waals surface area (Å²) in [5.41, 5.74) is -1.32. The Bertz CT molecular complexity index is 282. The van der Waals surface area contributed by atoms with Gasteiger partial charge in [-0.05, 0) is 41.5 Å². The van der Waals surface area contributed by atoms with Crippen molar-refractivity contribution in [3.8, 4) is 0 Å². The molecule has 0 aromatic rings. The molecule has 0 aliphatic heterocycles. The maximum absolute atomic E-state index is 11.8. The third-order valence-corrected chi connectivity index (χ3v) is 1.51. The second kappa shape index (κ2) is 5.49. The van der Waals surface area contributed by atoms with Crippen molar-refractivity contribution in [2.24, 2.45) is 0 Å². The number of hydrogen-bond donors (Lipinski definition) is 0. The average molecular weight is 246 g/mol. The Kier molecular flexibility index (Phi) is 5.13. The Morgan fingerprint density at radius 3 is 1.65 bits per heavy atom. The number of hydrogen-bond acceptors (Lipinski definition) is 5. The van der Waals surface area contributed by atoms with Gasteiger partial charge in [0.05, 0.1) is 12.7 Å². The van der Waals surface area contributed by atoms with E-state index in [1.165, 1.54) is 7.11 Å². The molecule has 0 aliphatic carbocycles. The zero-order valence-electron chi connectivity index (χ0n) is 11.6. The first kappa shape index (κ1) is 15.9. The third-order valence-electron chi connectivity index (χ3n) is 1.51. The van der Waals surface area contributed by atoms with E-state index in [1.54, 1.807) is 41.5 Å². The summed E-state index contributed by atoms with van der Waals surface area (Å²) in [5.74, 6) is -1.49. The second-order valence-electron chi connectivity index (χ2n) is 5.67. The molecule has 0 aliphatic rings. The highest BCUT2D eigenvalue weighted by Crippen LogP contribution is 2.16. The van der Waals surface area contributed by atoms with E-state index in [0.29, 0.717) is 0 Å². The van der Waals surface area contributed by atoms with Crippen molar-refractivity contribution in [1.29, 1.82) is 0 Å². The van der Waals surface area contributed by atoms with Crippen LogP contribution in [0.15, 0.2) is 0 Å². The smallest absolute Gasteiger partial charge is 0.347 e. The standard InChI is InChI=1S/C12H22O5/c1-11(2,3)16-8(9(13)15-7)10(14)17-12(4,5)6/h8H,1-7H3. The lowest BCUT2D eigenvalue weighted by atomic mass is 10.1. The first-order valence-electron chi connectivity index (χ1n) is 5.45. The van der Waals surface area contributed by atoms with Gasteiger partial charge in [0.25, 0.3) is 6.10 Å². The number of carbonyl (C=O) groups excluding carboxylic acids is 2. The second-order valence-corrected chi connectivity index (χ2v) is 5.67. The zero-order chi connectivity index (χ0) is 13.9. The van der Waals surface area contributed by atoms with Gasteiger partial charge in [-0.1, -0.05) is 0 Å². The number of carbonyl (C=O) groups is 2. The minimum atomic E-state index is -1.35. The zero-order valence-corrected chi connectivity index (χ0v) is 11.6. The topological polar surface area (TPSA) is 61.8 Å². The van der Waals surface area contributed by atoms with E-state index in [2.05, 4.69) is 4.74 Å². The number of esters is 2. The van der Waals surface area contributed by atoms with Crippen LogP contribution in [-0.2, 0) is 23.8 Å². The van der Waals surface area contributed by atoms with E-state index in [-0.39, 0.29) is 0 Å². The quantitative estimate of drug-likeness (QED) is 0.560. The molecule has 0 aromatic carbocycles. The van der Waals surface area contributed by atoms with Crippen molar-refractivity contribution in [1.82, 2.24) is 0 Å². The lowest BCUT2D eigenvalue weighted by Gasteiger charge is -2.27. The molecular formula is C12H22O5. The summed E-state index contributed by atoms with van der Waals surface area (Å²) in [6.45, 7) is 10.4. The highest BCUT2D eigenvalue weighted by atomic mass is 16.6. The van der Waals surface area contributed by atoms with Gasteiger partial charge in [0.1, 0.15) is 5.60 Å². The Morgan fingerprint density at radius 1 is 0.882 bits per heavy atom. The van der Waals surface area contributed by atoms with Crippen LogP contribution in [0.1, 0.15) is 41.5 Å². The summed E-state index contributed by atoms with van der Waals surface area (Å²) in [5, 5.41) is 0. The molecule has 1 atom stereocenters. The fourth-order valence-electron chi connectivity index (χ4n) is 1.01. The van der Waals surface area contributed by atoms with Gasteiger partial charge < -0.3 is 14.2 Å². The van der Waals surface area contributed by atoms with Crippen LogP contribution in [0.4, 0.5) is 0 Å². The minimum absolute atomic E-state index is 0.643. The maximum Gasteiger partial charge on any atom is 0.347 e. The van der Waals surface area contributed by atoms with Crippen LogP contribution in [0.3, 0.4) is 0 Å². The van der Waals surface area contributed by atoms with Crippen molar-refractivity contribution in [3.63, 3.8) is 0 Å². The number of ether oxygens (including phenoxy) is 3. The van der Waals surface area contributed by atoms with E-state index in [1.807, 2.05) is 0 Å². The lowest BCUT2D eigenvalue weighted by Crippen LogP contribution is -2.43. The van der Waals surface area contributed by atoms with Gasteiger partial charge in [-0.15, -0.1) is 0 Å². The van der Waals surface area contributed by atoms with E-state index >= 15 is 0 Å². The maximum atomic E-state index is 11.8. The van der Waals surface area contributed by atoms with Crippen LogP contribution in [0.2, 0.25) is 0 Å². The molecule has 0 saturated carbocycles. The fourth-order valence-corrected chi connectivity index (χ4v) is 1.01. The van der Waals surface area contributed by atoms with Gasteiger partial charge in [0.2, 0.25) is 0 Å². The molecule has 0 rings (SSSR count).